The lowest BCUT2D eigenvalue weighted by molar-refractivity contribution is -0.137. The third-order valence-electron chi connectivity index (χ3n) is 2.54. The summed E-state index contributed by atoms with van der Waals surface area (Å²) in [5, 5.41) is 55.6. The smallest absolute Gasteiger partial charge is 0.303 e. The lowest BCUT2D eigenvalue weighted by atomic mass is 10.0. The Hall–Kier alpha value is -1.03. The van der Waals surface area contributed by atoms with E-state index in [1.165, 1.54) is 0 Å². The number of carboxylic acids is 1. The van der Waals surface area contributed by atoms with E-state index in [0.717, 1.165) is 6.42 Å². The zero-order valence-corrected chi connectivity index (χ0v) is 12.2. The quantitative estimate of drug-likeness (QED) is 0.182. The van der Waals surface area contributed by atoms with E-state index in [4.69, 9.17) is 25.5 Å². The zero-order chi connectivity index (χ0) is 16.8. The van der Waals surface area contributed by atoms with Crippen molar-refractivity contribution in [3.63, 3.8) is 0 Å². The van der Waals surface area contributed by atoms with Crippen LogP contribution in [-0.4, -0.2) is 81.2 Å². The Balaban J connectivity index is 0. The summed E-state index contributed by atoms with van der Waals surface area (Å²) >= 11 is 0. The van der Waals surface area contributed by atoms with Crippen molar-refractivity contribution in [2.24, 2.45) is 0 Å². The van der Waals surface area contributed by atoms with Gasteiger partial charge in [0, 0.05) is 13.0 Å². The Morgan fingerprint density at radius 1 is 1.19 bits per heavy atom. The molecule has 0 aliphatic carbocycles. The maximum absolute atomic E-state index is 9.84. The molecule has 126 valence electrons. The van der Waals surface area contributed by atoms with Crippen molar-refractivity contribution in [3.05, 3.63) is 12.7 Å². The van der Waals surface area contributed by atoms with Crippen molar-refractivity contribution < 1.29 is 35.4 Å². The maximum Gasteiger partial charge on any atom is 0.303 e. The molecule has 0 saturated heterocycles. The number of aliphatic hydroxyl groups is 5. The highest BCUT2D eigenvalue weighted by Gasteiger charge is 2.29. The first-order valence-corrected chi connectivity index (χ1v) is 6.62. The van der Waals surface area contributed by atoms with E-state index in [0.29, 0.717) is 6.42 Å². The summed E-state index contributed by atoms with van der Waals surface area (Å²) in [5.41, 5.74) is 0. The van der Waals surface area contributed by atoms with Gasteiger partial charge in [-0.05, 0) is 19.9 Å². The van der Waals surface area contributed by atoms with Gasteiger partial charge in [-0.2, -0.15) is 0 Å². The number of allylic oxidation sites excluding steroid dienone is 1. The fraction of sp³-hybridized carbons (Fsp3) is 0.769. The SMILES string of the molecule is C=CCCCC(=O)O.CNCC(O)C(O)C(O)C(O)CO. The Bertz CT molecular complexity index is 275. The number of hydrogen-bond donors (Lipinski definition) is 7. The molecule has 8 heteroatoms. The second-order valence-electron chi connectivity index (χ2n) is 4.43. The van der Waals surface area contributed by atoms with E-state index < -0.39 is 37.0 Å². The van der Waals surface area contributed by atoms with Crippen LogP contribution in [-0.2, 0) is 4.79 Å². The molecule has 8 nitrogen and oxygen atoms in total. The van der Waals surface area contributed by atoms with Crippen molar-refractivity contribution >= 4 is 5.97 Å². The van der Waals surface area contributed by atoms with E-state index in [1.807, 2.05) is 0 Å². The molecule has 0 aromatic heterocycles. The lowest BCUT2D eigenvalue weighted by Gasteiger charge is -2.25. The number of aliphatic hydroxyl groups excluding tert-OH is 5. The van der Waals surface area contributed by atoms with Crippen molar-refractivity contribution in [3.8, 4) is 0 Å². The maximum atomic E-state index is 9.84. The monoisotopic (exact) mass is 309 g/mol. The third-order valence-corrected chi connectivity index (χ3v) is 2.54. The van der Waals surface area contributed by atoms with Gasteiger partial charge >= 0.3 is 5.97 Å². The first-order chi connectivity index (χ1) is 9.81. The van der Waals surface area contributed by atoms with Gasteiger partial charge < -0.3 is 36.0 Å². The standard InChI is InChI=1S/C7H17NO5.C6H10O2/c1-8-2-4(10)6(12)7(13)5(11)3-9;1-2-3-4-5-6(7)8/h4-13H,2-3H2,1H3;2H,1,3-5H2,(H,7,8). The van der Waals surface area contributed by atoms with Crippen LogP contribution in [0.2, 0.25) is 0 Å². The molecule has 0 rings (SSSR count). The Morgan fingerprint density at radius 2 is 1.71 bits per heavy atom. The first kappa shape index (κ1) is 22.3. The molecule has 0 saturated carbocycles. The second kappa shape index (κ2) is 13.9. The van der Waals surface area contributed by atoms with Gasteiger partial charge in [-0.3, -0.25) is 4.79 Å². The van der Waals surface area contributed by atoms with Crippen LogP contribution >= 0.6 is 0 Å². The summed E-state index contributed by atoms with van der Waals surface area (Å²) in [5.74, 6) is -0.730. The molecule has 0 aromatic carbocycles. The number of nitrogens with one attached hydrogen (secondary N) is 1. The van der Waals surface area contributed by atoms with E-state index in [-0.39, 0.29) is 13.0 Å². The molecular weight excluding hydrogens is 282 g/mol. The zero-order valence-electron chi connectivity index (χ0n) is 12.2. The number of unbranched alkanes of at least 4 members (excludes halogenated alkanes) is 1. The minimum Gasteiger partial charge on any atom is -0.481 e. The molecule has 0 spiro atoms. The highest BCUT2D eigenvalue weighted by Crippen LogP contribution is 2.04. The summed E-state index contributed by atoms with van der Waals surface area (Å²) in [7, 11) is 1.57. The number of carbonyl (C=O) groups is 1. The van der Waals surface area contributed by atoms with E-state index in [9.17, 15) is 9.90 Å². The van der Waals surface area contributed by atoms with Gasteiger partial charge in [0.25, 0.3) is 0 Å². The van der Waals surface area contributed by atoms with E-state index in [1.54, 1.807) is 13.1 Å². The number of rotatable bonds is 10. The Labute approximate surface area is 124 Å². The largest absolute Gasteiger partial charge is 0.481 e. The van der Waals surface area contributed by atoms with Gasteiger partial charge in [0.15, 0.2) is 0 Å². The van der Waals surface area contributed by atoms with Crippen molar-refractivity contribution in [2.75, 3.05) is 20.2 Å². The molecule has 0 heterocycles. The average Bonchev–Trinajstić information content (AvgIpc) is 2.45. The van der Waals surface area contributed by atoms with Gasteiger partial charge in [-0.25, -0.2) is 0 Å². The molecule has 4 unspecified atom stereocenters. The molecular formula is C13H27NO7. The number of aliphatic carboxylic acids is 1. The van der Waals surface area contributed by atoms with Crippen LogP contribution in [0.25, 0.3) is 0 Å². The summed E-state index contributed by atoms with van der Waals surface area (Å²) < 4.78 is 0. The molecule has 21 heavy (non-hydrogen) atoms. The normalized spacial score (nSPS) is 16.1. The van der Waals surface area contributed by atoms with Gasteiger partial charge in [0.05, 0.1) is 12.7 Å². The van der Waals surface area contributed by atoms with Crippen LogP contribution in [0.15, 0.2) is 12.7 Å². The van der Waals surface area contributed by atoms with E-state index >= 15 is 0 Å². The van der Waals surface area contributed by atoms with Crippen LogP contribution in [0.5, 0.6) is 0 Å². The summed E-state index contributed by atoms with van der Waals surface area (Å²) in [6.45, 7) is 2.90. The van der Waals surface area contributed by atoms with Crippen LogP contribution < -0.4 is 5.32 Å². The van der Waals surface area contributed by atoms with Crippen LogP contribution in [0.3, 0.4) is 0 Å². The van der Waals surface area contributed by atoms with Gasteiger partial charge in [-0.1, -0.05) is 6.08 Å². The van der Waals surface area contributed by atoms with Crippen LogP contribution in [0.4, 0.5) is 0 Å². The first-order valence-electron chi connectivity index (χ1n) is 6.62. The molecule has 0 aromatic rings. The summed E-state index contributed by atoms with van der Waals surface area (Å²) in [6, 6.07) is 0. The highest BCUT2D eigenvalue weighted by molar-refractivity contribution is 5.66. The molecule has 0 fully saturated rings. The van der Waals surface area contributed by atoms with Gasteiger partial charge in [0.1, 0.15) is 18.3 Å². The van der Waals surface area contributed by atoms with Crippen LogP contribution in [0, 0.1) is 0 Å². The predicted octanol–water partition coefficient (Wildman–Crippen LogP) is -1.93. The average molecular weight is 309 g/mol. The predicted molar refractivity (Wildman–Crippen MR) is 76.7 cm³/mol. The molecule has 0 bridgehead atoms. The summed E-state index contributed by atoms with van der Waals surface area (Å²) in [4.78, 5) is 9.84. The second-order valence-corrected chi connectivity index (χ2v) is 4.43. The molecule has 0 aliphatic rings. The van der Waals surface area contributed by atoms with Gasteiger partial charge in [-0.15, -0.1) is 6.58 Å². The molecule has 0 radical (unpaired) electrons. The Morgan fingerprint density at radius 3 is 2.10 bits per heavy atom. The molecule has 4 atom stereocenters. The fourth-order valence-corrected chi connectivity index (χ4v) is 1.29. The van der Waals surface area contributed by atoms with Crippen molar-refractivity contribution in [1.29, 1.82) is 0 Å². The molecule has 0 amide bonds. The van der Waals surface area contributed by atoms with Crippen LogP contribution in [0.1, 0.15) is 19.3 Å². The minimum absolute atomic E-state index is 0.0936. The van der Waals surface area contributed by atoms with Crippen molar-refractivity contribution in [2.45, 2.75) is 43.7 Å². The highest BCUT2D eigenvalue weighted by atomic mass is 16.4. The third kappa shape index (κ3) is 12.4. The minimum atomic E-state index is -1.55. The van der Waals surface area contributed by atoms with Crippen molar-refractivity contribution in [1.82, 2.24) is 5.32 Å². The van der Waals surface area contributed by atoms with E-state index in [2.05, 4.69) is 11.9 Å². The topological polar surface area (TPSA) is 150 Å². The fourth-order valence-electron chi connectivity index (χ4n) is 1.29. The molecule has 0 aliphatic heterocycles. The summed E-state index contributed by atoms with van der Waals surface area (Å²) in [6.07, 6.45) is -2.16. The van der Waals surface area contributed by atoms with Gasteiger partial charge in [0.2, 0.25) is 0 Å². The number of carboxylic acid groups (broad SMARTS) is 1. The molecule has 7 N–H and O–H groups in total. The Kier molecular flexibility index (Phi) is 14.8. The number of hydrogen-bond acceptors (Lipinski definition) is 7. The lowest BCUT2D eigenvalue weighted by Crippen LogP contribution is -2.48. The number of likely N-dealkylation sites (N-methyl/N-ethyl adjacent to an activating group) is 1.